The summed E-state index contributed by atoms with van der Waals surface area (Å²) in [6.07, 6.45) is 2.23. The molecule has 0 bridgehead atoms. The maximum absolute atomic E-state index is 3.42. The van der Waals surface area contributed by atoms with Gasteiger partial charge in [0.2, 0.25) is 0 Å². The Balaban J connectivity index is 2.86. The van der Waals surface area contributed by atoms with E-state index in [1.807, 2.05) is 0 Å². The molecule has 1 heterocycles. The van der Waals surface area contributed by atoms with Crippen LogP contribution in [-0.2, 0) is 0 Å². The van der Waals surface area contributed by atoms with Crippen LogP contribution >= 0.6 is 27.3 Å². The minimum atomic E-state index is 0.963. The van der Waals surface area contributed by atoms with E-state index >= 15 is 0 Å². The van der Waals surface area contributed by atoms with E-state index in [0.717, 1.165) is 5.33 Å². The average molecular weight is 231 g/mol. The number of thiophene rings is 1. The van der Waals surface area contributed by atoms with E-state index in [9.17, 15) is 0 Å². The first-order chi connectivity index (χ1) is 5.24. The van der Waals surface area contributed by atoms with Crippen LogP contribution in [0.3, 0.4) is 0 Å². The van der Waals surface area contributed by atoms with E-state index in [1.54, 1.807) is 11.3 Å². The summed E-state index contributed by atoms with van der Waals surface area (Å²) in [7, 11) is 0. The number of rotatable bonds is 2. The van der Waals surface area contributed by atoms with Crippen molar-refractivity contribution in [1.29, 1.82) is 0 Å². The van der Waals surface area contributed by atoms with Gasteiger partial charge in [-0.1, -0.05) is 21.5 Å². The van der Waals surface area contributed by atoms with Gasteiger partial charge in [0.1, 0.15) is 0 Å². The van der Waals surface area contributed by atoms with Crippen molar-refractivity contribution in [1.82, 2.24) is 0 Å². The SMILES string of the molecule is C/C(=C/c1sccc1C)CBr. The van der Waals surface area contributed by atoms with Gasteiger partial charge in [-0.15, -0.1) is 11.3 Å². The molecular weight excluding hydrogens is 220 g/mol. The molecule has 0 N–H and O–H groups in total. The van der Waals surface area contributed by atoms with Crippen molar-refractivity contribution in [3.05, 3.63) is 27.5 Å². The van der Waals surface area contributed by atoms with Gasteiger partial charge in [-0.2, -0.15) is 0 Å². The highest BCUT2D eigenvalue weighted by atomic mass is 79.9. The minimum absolute atomic E-state index is 0.963. The summed E-state index contributed by atoms with van der Waals surface area (Å²) in [5, 5.41) is 3.09. The zero-order chi connectivity index (χ0) is 8.27. The molecule has 0 radical (unpaired) electrons. The van der Waals surface area contributed by atoms with Gasteiger partial charge < -0.3 is 0 Å². The van der Waals surface area contributed by atoms with Crippen molar-refractivity contribution < 1.29 is 0 Å². The van der Waals surface area contributed by atoms with Crippen molar-refractivity contribution in [2.75, 3.05) is 5.33 Å². The number of allylic oxidation sites excluding steroid dienone is 1. The molecule has 0 amide bonds. The highest BCUT2D eigenvalue weighted by Gasteiger charge is 1.95. The molecule has 0 unspecified atom stereocenters. The standard InChI is InChI=1S/C9H11BrS/c1-7(6-10)5-9-8(2)3-4-11-9/h3-5H,6H2,1-2H3/b7-5-. The van der Waals surface area contributed by atoms with Gasteiger partial charge >= 0.3 is 0 Å². The summed E-state index contributed by atoms with van der Waals surface area (Å²) in [4.78, 5) is 1.38. The second kappa shape index (κ2) is 4.07. The molecule has 0 aromatic carbocycles. The Morgan fingerprint density at radius 1 is 1.73 bits per heavy atom. The lowest BCUT2D eigenvalue weighted by Gasteiger charge is -1.93. The molecule has 0 aliphatic heterocycles. The third kappa shape index (κ3) is 2.46. The normalized spacial score (nSPS) is 12.1. The molecule has 1 rings (SSSR count). The summed E-state index contributed by atoms with van der Waals surface area (Å²) in [6, 6.07) is 2.15. The number of halogens is 1. The van der Waals surface area contributed by atoms with E-state index in [0.29, 0.717) is 0 Å². The summed E-state index contributed by atoms with van der Waals surface area (Å²) >= 11 is 5.22. The van der Waals surface area contributed by atoms with Gasteiger partial charge in [-0.25, -0.2) is 0 Å². The maximum atomic E-state index is 3.42. The van der Waals surface area contributed by atoms with Crippen LogP contribution in [0.4, 0.5) is 0 Å². The summed E-state index contributed by atoms with van der Waals surface area (Å²) in [6.45, 7) is 4.28. The van der Waals surface area contributed by atoms with E-state index in [-0.39, 0.29) is 0 Å². The molecular formula is C9H11BrS. The zero-order valence-corrected chi connectivity index (χ0v) is 9.13. The van der Waals surface area contributed by atoms with Crippen LogP contribution in [0.25, 0.3) is 6.08 Å². The van der Waals surface area contributed by atoms with Gasteiger partial charge in [0.25, 0.3) is 0 Å². The fraction of sp³-hybridized carbons (Fsp3) is 0.333. The molecule has 2 heteroatoms. The van der Waals surface area contributed by atoms with Gasteiger partial charge in [0.15, 0.2) is 0 Å². The van der Waals surface area contributed by atoms with Crippen LogP contribution in [-0.4, -0.2) is 5.33 Å². The average Bonchev–Trinajstić information content (AvgIpc) is 2.37. The second-order valence-electron chi connectivity index (χ2n) is 2.59. The summed E-state index contributed by atoms with van der Waals surface area (Å²) < 4.78 is 0. The van der Waals surface area contributed by atoms with Crippen molar-refractivity contribution in [3.8, 4) is 0 Å². The summed E-state index contributed by atoms with van der Waals surface area (Å²) in [5.41, 5.74) is 2.74. The first kappa shape index (κ1) is 9.01. The fourth-order valence-corrected chi connectivity index (χ4v) is 1.90. The molecule has 0 saturated heterocycles. The topological polar surface area (TPSA) is 0 Å². The maximum Gasteiger partial charge on any atom is 0.0299 e. The molecule has 0 spiro atoms. The second-order valence-corrected chi connectivity index (χ2v) is 4.10. The fourth-order valence-electron chi connectivity index (χ4n) is 0.795. The quantitative estimate of drug-likeness (QED) is 0.678. The summed E-state index contributed by atoms with van der Waals surface area (Å²) in [5.74, 6) is 0. The van der Waals surface area contributed by atoms with Crippen LogP contribution < -0.4 is 0 Å². The zero-order valence-electron chi connectivity index (χ0n) is 6.73. The Morgan fingerprint density at radius 3 is 2.91 bits per heavy atom. The van der Waals surface area contributed by atoms with E-state index in [1.165, 1.54) is 16.0 Å². The Labute approximate surface area is 80.1 Å². The van der Waals surface area contributed by atoms with Crippen molar-refractivity contribution in [3.63, 3.8) is 0 Å². The first-order valence-corrected chi connectivity index (χ1v) is 5.51. The molecule has 0 aliphatic carbocycles. The van der Waals surface area contributed by atoms with Crippen molar-refractivity contribution >= 4 is 33.3 Å². The third-order valence-corrected chi connectivity index (χ3v) is 3.34. The molecule has 1 aromatic heterocycles. The smallest absolute Gasteiger partial charge is 0.0299 e. The molecule has 0 fully saturated rings. The molecule has 0 aliphatic rings. The number of alkyl halides is 1. The molecule has 1 aromatic rings. The monoisotopic (exact) mass is 230 g/mol. The molecule has 11 heavy (non-hydrogen) atoms. The molecule has 0 saturated carbocycles. The Bertz CT molecular complexity index is 260. The van der Waals surface area contributed by atoms with Crippen LogP contribution in [0, 0.1) is 6.92 Å². The Kier molecular flexibility index (Phi) is 3.34. The lowest BCUT2D eigenvalue weighted by Crippen LogP contribution is -1.75. The highest BCUT2D eigenvalue weighted by molar-refractivity contribution is 9.09. The number of aryl methyl sites for hydroxylation is 1. The van der Waals surface area contributed by atoms with Crippen molar-refractivity contribution in [2.45, 2.75) is 13.8 Å². The van der Waals surface area contributed by atoms with Crippen LogP contribution in [0.5, 0.6) is 0 Å². The lowest BCUT2D eigenvalue weighted by molar-refractivity contribution is 1.45. The van der Waals surface area contributed by atoms with E-state index in [2.05, 4.69) is 47.3 Å². The van der Waals surface area contributed by atoms with Gasteiger partial charge in [0, 0.05) is 10.2 Å². The van der Waals surface area contributed by atoms with Crippen molar-refractivity contribution in [2.24, 2.45) is 0 Å². The molecule has 60 valence electrons. The minimum Gasteiger partial charge on any atom is -0.144 e. The largest absolute Gasteiger partial charge is 0.144 e. The van der Waals surface area contributed by atoms with Gasteiger partial charge in [0.05, 0.1) is 0 Å². The predicted molar refractivity (Wildman–Crippen MR) is 56.5 cm³/mol. The molecule has 0 atom stereocenters. The lowest BCUT2D eigenvalue weighted by atomic mass is 10.2. The highest BCUT2D eigenvalue weighted by Crippen LogP contribution is 2.19. The Hall–Kier alpha value is -0.0800. The Morgan fingerprint density at radius 2 is 2.45 bits per heavy atom. The van der Waals surface area contributed by atoms with Crippen LogP contribution in [0.1, 0.15) is 17.4 Å². The van der Waals surface area contributed by atoms with E-state index < -0.39 is 0 Å². The predicted octanol–water partition coefficient (Wildman–Crippen LogP) is 3.85. The number of hydrogen-bond donors (Lipinski definition) is 0. The van der Waals surface area contributed by atoms with Gasteiger partial charge in [-0.3, -0.25) is 0 Å². The number of hydrogen-bond acceptors (Lipinski definition) is 1. The van der Waals surface area contributed by atoms with E-state index in [4.69, 9.17) is 0 Å². The first-order valence-electron chi connectivity index (χ1n) is 3.51. The van der Waals surface area contributed by atoms with Crippen LogP contribution in [0.2, 0.25) is 0 Å². The third-order valence-electron chi connectivity index (χ3n) is 1.49. The van der Waals surface area contributed by atoms with Gasteiger partial charge in [-0.05, 0) is 36.9 Å². The molecule has 0 nitrogen and oxygen atoms in total. The van der Waals surface area contributed by atoms with Crippen LogP contribution in [0.15, 0.2) is 17.0 Å².